The maximum atomic E-state index is 5.35. The summed E-state index contributed by atoms with van der Waals surface area (Å²) in [7, 11) is 5.43. The van der Waals surface area contributed by atoms with Crippen molar-refractivity contribution in [3.63, 3.8) is 0 Å². The smallest absolute Gasteiger partial charge is 0.194 e. The predicted octanol–water partition coefficient (Wildman–Crippen LogP) is 3.17. The van der Waals surface area contributed by atoms with Gasteiger partial charge in [0.15, 0.2) is 11.7 Å². The Labute approximate surface area is 153 Å². The average molecular weight is 366 g/mol. The van der Waals surface area contributed by atoms with Gasteiger partial charge in [-0.15, -0.1) is 11.3 Å². The lowest BCUT2D eigenvalue weighted by atomic mass is 10.1. The van der Waals surface area contributed by atoms with E-state index in [1.165, 1.54) is 0 Å². The van der Waals surface area contributed by atoms with E-state index in [1.807, 2.05) is 24.9 Å². The van der Waals surface area contributed by atoms with Crippen LogP contribution in [0.1, 0.15) is 54.9 Å². The molecule has 138 valence electrons. The number of aromatic nitrogens is 2. The van der Waals surface area contributed by atoms with Crippen LogP contribution < -0.4 is 5.32 Å². The SMILES string of the molecule is CN=C(NCc1cc(C(C)C)no1)N(C)Cc1csc(C(C)OC)n1. The largest absolute Gasteiger partial charge is 0.375 e. The third kappa shape index (κ3) is 5.27. The van der Waals surface area contributed by atoms with Crippen molar-refractivity contribution >= 4 is 17.3 Å². The summed E-state index contributed by atoms with van der Waals surface area (Å²) >= 11 is 1.61. The van der Waals surface area contributed by atoms with Gasteiger partial charge in [-0.1, -0.05) is 19.0 Å². The summed E-state index contributed by atoms with van der Waals surface area (Å²) in [4.78, 5) is 11.0. The van der Waals surface area contributed by atoms with Gasteiger partial charge in [0, 0.05) is 32.7 Å². The van der Waals surface area contributed by atoms with Crippen LogP contribution >= 0.6 is 11.3 Å². The molecule has 1 N–H and O–H groups in total. The molecule has 2 heterocycles. The van der Waals surface area contributed by atoms with E-state index in [9.17, 15) is 0 Å². The minimum atomic E-state index is 0.0168. The highest BCUT2D eigenvalue weighted by atomic mass is 32.1. The van der Waals surface area contributed by atoms with Gasteiger partial charge in [0.25, 0.3) is 0 Å². The van der Waals surface area contributed by atoms with Gasteiger partial charge in [0.2, 0.25) is 0 Å². The number of nitrogens with one attached hydrogen (secondary N) is 1. The van der Waals surface area contributed by atoms with Gasteiger partial charge in [-0.05, 0) is 12.8 Å². The zero-order valence-electron chi connectivity index (χ0n) is 15.7. The lowest BCUT2D eigenvalue weighted by Gasteiger charge is -2.20. The highest BCUT2D eigenvalue weighted by molar-refractivity contribution is 7.09. The number of methoxy groups -OCH3 is 1. The monoisotopic (exact) mass is 365 g/mol. The van der Waals surface area contributed by atoms with Crippen LogP contribution in [-0.2, 0) is 17.8 Å². The lowest BCUT2D eigenvalue weighted by molar-refractivity contribution is 0.119. The first kappa shape index (κ1) is 19.4. The molecule has 0 saturated carbocycles. The number of aliphatic imine (C=N–C) groups is 1. The molecule has 2 aromatic rings. The van der Waals surface area contributed by atoms with Crippen molar-refractivity contribution in [1.82, 2.24) is 20.4 Å². The van der Waals surface area contributed by atoms with Crippen LogP contribution in [0.25, 0.3) is 0 Å². The van der Waals surface area contributed by atoms with E-state index in [4.69, 9.17) is 9.26 Å². The molecule has 0 aliphatic carbocycles. The maximum Gasteiger partial charge on any atom is 0.194 e. The summed E-state index contributed by atoms with van der Waals surface area (Å²) < 4.78 is 10.7. The van der Waals surface area contributed by atoms with E-state index in [0.29, 0.717) is 19.0 Å². The first-order valence-corrected chi connectivity index (χ1v) is 9.16. The molecule has 0 radical (unpaired) electrons. The zero-order valence-corrected chi connectivity index (χ0v) is 16.6. The van der Waals surface area contributed by atoms with Crippen molar-refractivity contribution in [2.75, 3.05) is 21.2 Å². The molecule has 0 bridgehead atoms. The molecule has 0 saturated heterocycles. The lowest BCUT2D eigenvalue weighted by Crippen LogP contribution is -2.38. The number of hydrogen-bond donors (Lipinski definition) is 1. The summed E-state index contributed by atoms with van der Waals surface area (Å²) in [6.45, 7) is 7.39. The van der Waals surface area contributed by atoms with Gasteiger partial charge in [-0.25, -0.2) is 4.98 Å². The quantitative estimate of drug-likeness (QED) is 0.600. The van der Waals surface area contributed by atoms with Crippen molar-refractivity contribution in [2.45, 2.75) is 45.9 Å². The highest BCUT2D eigenvalue weighted by Crippen LogP contribution is 2.21. The minimum Gasteiger partial charge on any atom is -0.375 e. The molecule has 0 aliphatic rings. The molecular formula is C17H27N5O2S. The molecule has 0 amide bonds. The Balaban J connectivity index is 1.91. The normalized spacial score (nSPS) is 13.3. The molecule has 0 fully saturated rings. The van der Waals surface area contributed by atoms with Crippen LogP contribution in [0, 0.1) is 0 Å². The summed E-state index contributed by atoms with van der Waals surface area (Å²) in [5, 5.41) is 10.4. The fourth-order valence-corrected chi connectivity index (χ4v) is 3.08. The first-order chi connectivity index (χ1) is 11.9. The van der Waals surface area contributed by atoms with Crippen LogP contribution in [0.4, 0.5) is 0 Å². The van der Waals surface area contributed by atoms with E-state index in [1.54, 1.807) is 25.5 Å². The van der Waals surface area contributed by atoms with E-state index < -0.39 is 0 Å². The summed E-state index contributed by atoms with van der Waals surface area (Å²) in [5.41, 5.74) is 1.96. The van der Waals surface area contributed by atoms with Gasteiger partial charge >= 0.3 is 0 Å². The molecular weight excluding hydrogens is 338 g/mol. The first-order valence-electron chi connectivity index (χ1n) is 8.29. The number of rotatable bonds is 7. The van der Waals surface area contributed by atoms with Crippen molar-refractivity contribution < 1.29 is 9.26 Å². The van der Waals surface area contributed by atoms with Gasteiger partial charge in [0.1, 0.15) is 11.1 Å². The van der Waals surface area contributed by atoms with E-state index in [0.717, 1.165) is 28.1 Å². The highest BCUT2D eigenvalue weighted by Gasteiger charge is 2.13. The van der Waals surface area contributed by atoms with Gasteiger partial charge < -0.3 is 19.5 Å². The Kier molecular flexibility index (Phi) is 6.95. The molecule has 0 aliphatic heterocycles. The number of guanidine groups is 1. The third-order valence-corrected chi connectivity index (χ3v) is 4.89. The second-order valence-electron chi connectivity index (χ2n) is 6.18. The molecule has 7 nitrogen and oxygen atoms in total. The number of nitrogens with zero attached hydrogens (tertiary/aromatic N) is 4. The Bertz CT molecular complexity index is 695. The van der Waals surface area contributed by atoms with Crippen LogP contribution in [0.5, 0.6) is 0 Å². The van der Waals surface area contributed by atoms with Crippen LogP contribution in [-0.4, -0.2) is 42.2 Å². The van der Waals surface area contributed by atoms with Crippen molar-refractivity contribution in [1.29, 1.82) is 0 Å². The molecule has 2 aromatic heterocycles. The summed E-state index contributed by atoms with van der Waals surface area (Å²) in [5.74, 6) is 1.92. The Hall–Kier alpha value is -1.93. The number of thiazole rings is 1. The van der Waals surface area contributed by atoms with Crippen molar-refractivity contribution in [2.24, 2.45) is 4.99 Å². The summed E-state index contributed by atoms with van der Waals surface area (Å²) in [6, 6.07) is 1.98. The Morgan fingerprint density at radius 3 is 2.80 bits per heavy atom. The maximum absolute atomic E-state index is 5.35. The molecule has 25 heavy (non-hydrogen) atoms. The van der Waals surface area contributed by atoms with Gasteiger partial charge in [-0.2, -0.15) is 0 Å². The molecule has 2 rings (SSSR count). The van der Waals surface area contributed by atoms with E-state index in [2.05, 4.69) is 39.7 Å². The molecule has 8 heteroatoms. The van der Waals surface area contributed by atoms with Crippen LogP contribution in [0.2, 0.25) is 0 Å². The minimum absolute atomic E-state index is 0.0168. The van der Waals surface area contributed by atoms with E-state index in [-0.39, 0.29) is 6.10 Å². The van der Waals surface area contributed by atoms with Gasteiger partial charge in [0.05, 0.1) is 24.5 Å². The third-order valence-electron chi connectivity index (χ3n) is 3.83. The Morgan fingerprint density at radius 2 is 2.20 bits per heavy atom. The molecule has 1 atom stereocenters. The van der Waals surface area contributed by atoms with Crippen LogP contribution in [0.15, 0.2) is 21.0 Å². The summed E-state index contributed by atoms with van der Waals surface area (Å²) in [6.07, 6.45) is 0.0168. The Morgan fingerprint density at radius 1 is 1.44 bits per heavy atom. The second-order valence-corrected chi connectivity index (χ2v) is 7.07. The molecule has 0 spiro atoms. The van der Waals surface area contributed by atoms with E-state index >= 15 is 0 Å². The predicted molar refractivity (Wildman–Crippen MR) is 99.8 cm³/mol. The van der Waals surface area contributed by atoms with Crippen LogP contribution in [0.3, 0.4) is 0 Å². The van der Waals surface area contributed by atoms with Gasteiger partial charge in [-0.3, -0.25) is 4.99 Å². The second kappa shape index (κ2) is 8.96. The molecule has 0 aromatic carbocycles. The fraction of sp³-hybridized carbons (Fsp3) is 0.588. The topological polar surface area (TPSA) is 75.8 Å². The standard InChI is InChI=1S/C17H27N5O2S/c1-11(2)15-7-14(24-21-15)8-19-17(18-4)22(5)9-13-10-25-16(20-13)12(3)23-6/h7,10-12H,8-9H2,1-6H3,(H,18,19). The zero-order chi connectivity index (χ0) is 18.4. The number of hydrogen-bond acceptors (Lipinski definition) is 6. The molecule has 1 unspecified atom stereocenters. The van der Waals surface area contributed by atoms with Crippen molar-refractivity contribution in [3.8, 4) is 0 Å². The average Bonchev–Trinajstić information content (AvgIpc) is 3.24. The van der Waals surface area contributed by atoms with Crippen molar-refractivity contribution in [3.05, 3.63) is 33.6 Å². The number of ether oxygens (including phenoxy) is 1. The fourth-order valence-electron chi connectivity index (χ4n) is 2.24.